The number of fused-ring (bicyclic) bond motifs is 1. The Labute approximate surface area is 130 Å². The first kappa shape index (κ1) is 12.9. The molecular weight excluding hydrogens is 266 g/mol. The summed E-state index contributed by atoms with van der Waals surface area (Å²) in [6.45, 7) is 0. The summed E-state index contributed by atoms with van der Waals surface area (Å²) in [7, 11) is 0. The molecule has 1 N–H and O–H groups in total. The molecule has 0 atom stereocenters. The quantitative estimate of drug-likeness (QED) is 0.516. The van der Waals surface area contributed by atoms with Gasteiger partial charge in [0.2, 0.25) is 0 Å². The minimum atomic E-state index is 0.940. The fourth-order valence-electron chi connectivity index (χ4n) is 3.03. The normalized spacial score (nSPS) is 10.9. The average Bonchev–Trinajstić information content (AvgIpc) is 2.95. The second kappa shape index (κ2) is 5.53. The van der Waals surface area contributed by atoms with Gasteiger partial charge in [0.05, 0.1) is 5.69 Å². The summed E-state index contributed by atoms with van der Waals surface area (Å²) < 4.78 is 0. The van der Waals surface area contributed by atoms with Gasteiger partial charge in [-0.05, 0) is 22.8 Å². The van der Waals surface area contributed by atoms with E-state index < -0.39 is 0 Å². The van der Waals surface area contributed by atoms with Gasteiger partial charge >= 0.3 is 0 Å². The minimum Gasteiger partial charge on any atom is -0.354 e. The molecule has 1 heterocycles. The van der Waals surface area contributed by atoms with Crippen molar-refractivity contribution in [2.24, 2.45) is 0 Å². The first-order valence-corrected chi connectivity index (χ1v) is 7.61. The Bertz CT molecular complexity index is 889. The van der Waals surface area contributed by atoms with Crippen molar-refractivity contribution in [2.45, 2.75) is 6.42 Å². The number of hydrogen-bond donors (Lipinski definition) is 1. The first-order chi connectivity index (χ1) is 10.9. The molecule has 0 saturated carbocycles. The van der Waals surface area contributed by atoms with Crippen molar-refractivity contribution in [2.75, 3.05) is 0 Å². The highest BCUT2D eigenvalue weighted by Crippen LogP contribution is 2.31. The van der Waals surface area contributed by atoms with Gasteiger partial charge in [-0.15, -0.1) is 0 Å². The molecule has 0 unspecified atom stereocenters. The molecule has 1 heteroatoms. The predicted molar refractivity (Wildman–Crippen MR) is 93.0 cm³/mol. The van der Waals surface area contributed by atoms with E-state index in [2.05, 4.69) is 89.9 Å². The third-order valence-corrected chi connectivity index (χ3v) is 4.10. The number of aromatic amines is 1. The van der Waals surface area contributed by atoms with Crippen LogP contribution < -0.4 is 0 Å². The van der Waals surface area contributed by atoms with Gasteiger partial charge in [-0.3, -0.25) is 0 Å². The van der Waals surface area contributed by atoms with Crippen molar-refractivity contribution in [1.82, 2.24) is 4.98 Å². The van der Waals surface area contributed by atoms with Gasteiger partial charge in [-0.2, -0.15) is 0 Å². The van der Waals surface area contributed by atoms with Crippen molar-refractivity contribution >= 4 is 10.9 Å². The summed E-state index contributed by atoms with van der Waals surface area (Å²) in [5.74, 6) is 0. The maximum atomic E-state index is 3.60. The molecular formula is C21H17N. The van der Waals surface area contributed by atoms with Crippen LogP contribution in [-0.4, -0.2) is 4.98 Å². The van der Waals surface area contributed by atoms with Gasteiger partial charge in [0.1, 0.15) is 0 Å². The van der Waals surface area contributed by atoms with E-state index in [0.717, 1.165) is 6.42 Å². The lowest BCUT2D eigenvalue weighted by Crippen LogP contribution is -1.90. The Morgan fingerprint density at radius 1 is 0.636 bits per heavy atom. The minimum absolute atomic E-state index is 0.940. The summed E-state index contributed by atoms with van der Waals surface area (Å²) in [4.78, 5) is 3.60. The molecule has 0 spiro atoms. The van der Waals surface area contributed by atoms with E-state index in [1.165, 1.54) is 33.3 Å². The van der Waals surface area contributed by atoms with Crippen LogP contribution in [0.5, 0.6) is 0 Å². The van der Waals surface area contributed by atoms with E-state index in [1.807, 2.05) is 0 Å². The van der Waals surface area contributed by atoms with Crippen LogP contribution in [0.25, 0.3) is 22.2 Å². The molecule has 0 bridgehead atoms. The van der Waals surface area contributed by atoms with Crippen molar-refractivity contribution in [1.29, 1.82) is 0 Å². The second-order valence-electron chi connectivity index (χ2n) is 5.55. The second-order valence-corrected chi connectivity index (χ2v) is 5.55. The molecule has 0 aliphatic carbocycles. The van der Waals surface area contributed by atoms with Crippen LogP contribution in [0.3, 0.4) is 0 Å². The van der Waals surface area contributed by atoms with Crippen LogP contribution in [0.4, 0.5) is 0 Å². The molecule has 0 radical (unpaired) electrons. The third kappa shape index (κ3) is 2.31. The van der Waals surface area contributed by atoms with Crippen LogP contribution in [-0.2, 0) is 6.42 Å². The largest absolute Gasteiger partial charge is 0.354 e. The fraction of sp³-hybridized carbons (Fsp3) is 0.0476. The van der Waals surface area contributed by atoms with Crippen molar-refractivity contribution in [3.05, 3.63) is 96.1 Å². The Morgan fingerprint density at radius 3 is 2.05 bits per heavy atom. The zero-order chi connectivity index (χ0) is 14.8. The van der Waals surface area contributed by atoms with Crippen LogP contribution in [0.1, 0.15) is 11.1 Å². The van der Waals surface area contributed by atoms with Gasteiger partial charge in [0.15, 0.2) is 0 Å². The lowest BCUT2D eigenvalue weighted by Gasteiger charge is -2.06. The van der Waals surface area contributed by atoms with E-state index in [1.54, 1.807) is 0 Å². The van der Waals surface area contributed by atoms with Crippen LogP contribution >= 0.6 is 0 Å². The number of rotatable bonds is 3. The number of nitrogens with one attached hydrogen (secondary N) is 1. The number of aromatic nitrogens is 1. The summed E-state index contributed by atoms with van der Waals surface area (Å²) in [5, 5.41) is 1.31. The van der Waals surface area contributed by atoms with Gasteiger partial charge in [-0.25, -0.2) is 0 Å². The van der Waals surface area contributed by atoms with E-state index in [9.17, 15) is 0 Å². The number of para-hydroxylation sites is 1. The standard InChI is InChI=1S/C21H17N/c1-3-9-16(10-4-1)15-19-18-13-7-8-14-20(18)22-21(19)17-11-5-2-6-12-17/h1-14,22H,15H2. The molecule has 4 rings (SSSR count). The molecule has 106 valence electrons. The molecule has 0 fully saturated rings. The van der Waals surface area contributed by atoms with E-state index >= 15 is 0 Å². The molecule has 3 aromatic carbocycles. The molecule has 1 aromatic heterocycles. The summed E-state index contributed by atoms with van der Waals surface area (Å²) in [5.41, 5.74) is 6.38. The fourth-order valence-corrected chi connectivity index (χ4v) is 3.03. The molecule has 0 aliphatic heterocycles. The van der Waals surface area contributed by atoms with Crippen LogP contribution in [0, 0.1) is 0 Å². The lowest BCUT2D eigenvalue weighted by atomic mass is 9.99. The summed E-state index contributed by atoms with van der Waals surface area (Å²) >= 11 is 0. The van der Waals surface area contributed by atoms with Gasteiger partial charge in [0.25, 0.3) is 0 Å². The highest BCUT2D eigenvalue weighted by atomic mass is 14.7. The maximum Gasteiger partial charge on any atom is 0.0500 e. The lowest BCUT2D eigenvalue weighted by molar-refractivity contribution is 1.21. The molecule has 4 aromatic rings. The summed E-state index contributed by atoms with van der Waals surface area (Å²) in [6.07, 6.45) is 0.940. The van der Waals surface area contributed by atoms with E-state index in [4.69, 9.17) is 0 Å². The highest BCUT2D eigenvalue weighted by molar-refractivity contribution is 5.91. The monoisotopic (exact) mass is 283 g/mol. The van der Waals surface area contributed by atoms with Gasteiger partial charge in [0, 0.05) is 17.3 Å². The predicted octanol–water partition coefficient (Wildman–Crippen LogP) is 5.43. The molecule has 22 heavy (non-hydrogen) atoms. The van der Waals surface area contributed by atoms with E-state index in [-0.39, 0.29) is 0 Å². The van der Waals surface area contributed by atoms with Crippen LogP contribution in [0.2, 0.25) is 0 Å². The smallest absolute Gasteiger partial charge is 0.0500 e. The maximum absolute atomic E-state index is 3.60. The zero-order valence-electron chi connectivity index (χ0n) is 12.3. The molecule has 0 aliphatic rings. The van der Waals surface area contributed by atoms with E-state index in [0.29, 0.717) is 0 Å². The SMILES string of the molecule is c1ccc(Cc2c(-c3ccccc3)[nH]c3ccccc23)cc1. The van der Waals surface area contributed by atoms with Crippen molar-refractivity contribution in [3.63, 3.8) is 0 Å². The Kier molecular flexibility index (Phi) is 3.24. The van der Waals surface area contributed by atoms with Gasteiger partial charge in [-0.1, -0.05) is 78.9 Å². The average molecular weight is 283 g/mol. The Hall–Kier alpha value is -2.80. The zero-order valence-corrected chi connectivity index (χ0v) is 12.3. The molecule has 0 saturated heterocycles. The Morgan fingerprint density at radius 2 is 1.27 bits per heavy atom. The van der Waals surface area contributed by atoms with Crippen molar-refractivity contribution < 1.29 is 0 Å². The third-order valence-electron chi connectivity index (χ3n) is 4.10. The Balaban J connectivity index is 1.91. The first-order valence-electron chi connectivity index (χ1n) is 7.61. The topological polar surface area (TPSA) is 15.8 Å². The van der Waals surface area contributed by atoms with Crippen molar-refractivity contribution in [3.8, 4) is 11.3 Å². The number of H-pyrrole nitrogens is 1. The molecule has 0 amide bonds. The van der Waals surface area contributed by atoms with Crippen LogP contribution in [0.15, 0.2) is 84.9 Å². The summed E-state index contributed by atoms with van der Waals surface area (Å²) in [6, 6.07) is 29.8. The highest BCUT2D eigenvalue weighted by Gasteiger charge is 2.13. The molecule has 1 nitrogen and oxygen atoms in total. The number of hydrogen-bond acceptors (Lipinski definition) is 0. The van der Waals surface area contributed by atoms with Gasteiger partial charge < -0.3 is 4.98 Å². The number of benzene rings is 3.